The zero-order chi connectivity index (χ0) is 15.0. The summed E-state index contributed by atoms with van der Waals surface area (Å²) in [5.41, 5.74) is 5.59. The number of methoxy groups -OCH3 is 1. The van der Waals surface area contributed by atoms with Crippen LogP contribution in [-0.4, -0.2) is 42.9 Å². The maximum Gasteiger partial charge on any atom is 0.171 e. The predicted molar refractivity (Wildman–Crippen MR) is 85.5 cm³/mol. The first-order chi connectivity index (χ1) is 9.54. The van der Waals surface area contributed by atoms with Gasteiger partial charge in [-0.25, -0.2) is 4.98 Å². The zero-order valence-corrected chi connectivity index (χ0v) is 13.2. The highest BCUT2D eigenvalue weighted by atomic mass is 32.1. The second-order valence-electron chi connectivity index (χ2n) is 4.69. The Morgan fingerprint density at radius 2 is 2.20 bits per heavy atom. The third kappa shape index (κ3) is 5.71. The minimum atomic E-state index is 0.0952. The number of nitrogens with zero attached hydrogens (tertiary/aromatic N) is 2. The molecule has 1 heterocycles. The SMILES string of the molecule is COCCN(CCC(N)=S)c1ncccc1OC(C)C. The third-order valence-corrected chi connectivity index (χ3v) is 2.81. The molecule has 1 rings (SSSR count). The largest absolute Gasteiger partial charge is 0.487 e. The molecule has 0 fully saturated rings. The number of nitrogens with two attached hydrogens (primary N) is 1. The fourth-order valence-electron chi connectivity index (χ4n) is 1.74. The molecule has 0 aromatic carbocycles. The van der Waals surface area contributed by atoms with Crippen molar-refractivity contribution in [1.82, 2.24) is 4.98 Å². The lowest BCUT2D eigenvalue weighted by molar-refractivity contribution is 0.204. The van der Waals surface area contributed by atoms with Crippen LogP contribution in [0.25, 0.3) is 0 Å². The first kappa shape index (κ1) is 16.7. The molecular weight excluding hydrogens is 274 g/mol. The van der Waals surface area contributed by atoms with Gasteiger partial charge < -0.3 is 20.1 Å². The van der Waals surface area contributed by atoms with E-state index in [0.717, 1.165) is 11.6 Å². The van der Waals surface area contributed by atoms with Crippen LogP contribution in [0, 0.1) is 0 Å². The van der Waals surface area contributed by atoms with Crippen LogP contribution < -0.4 is 15.4 Å². The molecule has 0 radical (unpaired) electrons. The average Bonchev–Trinajstić information content (AvgIpc) is 2.39. The lowest BCUT2D eigenvalue weighted by Gasteiger charge is -2.25. The Balaban J connectivity index is 2.89. The molecule has 0 aliphatic rings. The van der Waals surface area contributed by atoms with Gasteiger partial charge in [0.15, 0.2) is 11.6 Å². The summed E-state index contributed by atoms with van der Waals surface area (Å²) in [5, 5.41) is 0. The van der Waals surface area contributed by atoms with Gasteiger partial charge in [-0.15, -0.1) is 0 Å². The van der Waals surface area contributed by atoms with Crippen LogP contribution in [0.1, 0.15) is 20.3 Å². The maximum absolute atomic E-state index is 5.80. The molecule has 1 aromatic heterocycles. The standard InChI is InChI=1S/C14H23N3O2S/c1-11(2)19-12-5-4-7-16-14(12)17(9-10-18-3)8-6-13(15)20/h4-5,7,11H,6,8-10H2,1-3H3,(H2,15,20). The Morgan fingerprint density at radius 1 is 1.45 bits per heavy atom. The van der Waals surface area contributed by atoms with Gasteiger partial charge in [-0.2, -0.15) is 0 Å². The molecule has 2 N–H and O–H groups in total. The van der Waals surface area contributed by atoms with E-state index in [1.807, 2.05) is 26.0 Å². The van der Waals surface area contributed by atoms with Crippen LogP contribution >= 0.6 is 12.2 Å². The normalized spacial score (nSPS) is 10.6. The van der Waals surface area contributed by atoms with Gasteiger partial charge in [0, 0.05) is 32.8 Å². The van der Waals surface area contributed by atoms with Crippen LogP contribution in [0.2, 0.25) is 0 Å². The van der Waals surface area contributed by atoms with Gasteiger partial charge in [-0.05, 0) is 26.0 Å². The van der Waals surface area contributed by atoms with Crippen molar-refractivity contribution in [2.24, 2.45) is 5.73 Å². The van der Waals surface area contributed by atoms with E-state index in [1.54, 1.807) is 13.3 Å². The van der Waals surface area contributed by atoms with Crippen molar-refractivity contribution in [3.8, 4) is 5.75 Å². The quantitative estimate of drug-likeness (QED) is 0.704. The Bertz CT molecular complexity index is 427. The number of hydrogen-bond donors (Lipinski definition) is 1. The smallest absolute Gasteiger partial charge is 0.171 e. The summed E-state index contributed by atoms with van der Waals surface area (Å²) < 4.78 is 11.0. The number of anilines is 1. The number of aromatic nitrogens is 1. The fourth-order valence-corrected chi connectivity index (χ4v) is 1.83. The average molecular weight is 297 g/mol. The highest BCUT2D eigenvalue weighted by Crippen LogP contribution is 2.26. The lowest BCUT2D eigenvalue weighted by Crippen LogP contribution is -2.32. The highest BCUT2D eigenvalue weighted by molar-refractivity contribution is 7.80. The molecule has 1 aromatic rings. The van der Waals surface area contributed by atoms with Crippen LogP contribution in [0.3, 0.4) is 0 Å². The summed E-state index contributed by atoms with van der Waals surface area (Å²) in [6, 6.07) is 3.78. The van der Waals surface area contributed by atoms with Crippen molar-refractivity contribution >= 4 is 23.0 Å². The molecule has 5 nitrogen and oxygen atoms in total. The van der Waals surface area contributed by atoms with Crippen LogP contribution in [-0.2, 0) is 4.74 Å². The summed E-state index contributed by atoms with van der Waals surface area (Å²) in [4.78, 5) is 7.00. The summed E-state index contributed by atoms with van der Waals surface area (Å²) >= 11 is 4.95. The van der Waals surface area contributed by atoms with E-state index in [1.165, 1.54) is 0 Å². The lowest BCUT2D eigenvalue weighted by atomic mass is 10.3. The van der Waals surface area contributed by atoms with E-state index < -0.39 is 0 Å². The second kappa shape index (κ2) is 8.71. The third-order valence-electron chi connectivity index (χ3n) is 2.61. The van der Waals surface area contributed by atoms with E-state index in [4.69, 9.17) is 27.4 Å². The molecule has 0 amide bonds. The van der Waals surface area contributed by atoms with Gasteiger partial charge in [0.2, 0.25) is 0 Å². The zero-order valence-electron chi connectivity index (χ0n) is 12.3. The van der Waals surface area contributed by atoms with Gasteiger partial charge in [-0.1, -0.05) is 12.2 Å². The Hall–Kier alpha value is -1.40. The van der Waals surface area contributed by atoms with E-state index >= 15 is 0 Å². The summed E-state index contributed by atoms with van der Waals surface area (Å²) in [6.07, 6.45) is 2.48. The minimum absolute atomic E-state index is 0.0952. The maximum atomic E-state index is 5.80. The number of pyridine rings is 1. The molecular formula is C14H23N3O2S. The molecule has 0 bridgehead atoms. The summed E-state index contributed by atoms with van der Waals surface area (Å²) in [6.45, 7) is 6.00. The fraction of sp³-hybridized carbons (Fsp3) is 0.571. The highest BCUT2D eigenvalue weighted by Gasteiger charge is 2.14. The monoisotopic (exact) mass is 297 g/mol. The van der Waals surface area contributed by atoms with Crippen molar-refractivity contribution in [1.29, 1.82) is 0 Å². The van der Waals surface area contributed by atoms with Crippen molar-refractivity contribution in [3.63, 3.8) is 0 Å². The van der Waals surface area contributed by atoms with Crippen LogP contribution in [0.4, 0.5) is 5.82 Å². The molecule has 112 valence electrons. The number of rotatable bonds is 9. The molecule has 0 unspecified atom stereocenters. The number of ether oxygens (including phenoxy) is 2. The van der Waals surface area contributed by atoms with E-state index in [-0.39, 0.29) is 6.10 Å². The summed E-state index contributed by atoms with van der Waals surface area (Å²) in [5.74, 6) is 1.57. The van der Waals surface area contributed by atoms with Gasteiger partial charge in [-0.3, -0.25) is 0 Å². The molecule has 20 heavy (non-hydrogen) atoms. The number of thiocarbonyl (C=S) groups is 1. The molecule has 6 heteroatoms. The molecule has 0 aliphatic heterocycles. The Labute approximate surface area is 126 Å². The molecule has 0 spiro atoms. The van der Waals surface area contributed by atoms with Crippen molar-refractivity contribution < 1.29 is 9.47 Å². The van der Waals surface area contributed by atoms with Crippen LogP contribution in [0.15, 0.2) is 18.3 Å². The second-order valence-corrected chi connectivity index (χ2v) is 5.21. The van der Waals surface area contributed by atoms with E-state index in [9.17, 15) is 0 Å². The molecule has 0 saturated carbocycles. The van der Waals surface area contributed by atoms with Gasteiger partial charge >= 0.3 is 0 Å². The summed E-state index contributed by atoms with van der Waals surface area (Å²) in [7, 11) is 1.68. The Kier molecular flexibility index (Phi) is 7.25. The molecule has 0 saturated heterocycles. The van der Waals surface area contributed by atoms with Gasteiger partial charge in [0.1, 0.15) is 0 Å². The molecule has 0 aliphatic carbocycles. The van der Waals surface area contributed by atoms with Crippen molar-refractivity contribution in [2.45, 2.75) is 26.4 Å². The van der Waals surface area contributed by atoms with E-state index in [0.29, 0.717) is 31.1 Å². The van der Waals surface area contributed by atoms with Crippen LogP contribution in [0.5, 0.6) is 5.75 Å². The van der Waals surface area contributed by atoms with Gasteiger partial charge in [0.25, 0.3) is 0 Å². The van der Waals surface area contributed by atoms with Crippen molar-refractivity contribution in [2.75, 3.05) is 31.7 Å². The Morgan fingerprint density at radius 3 is 2.80 bits per heavy atom. The van der Waals surface area contributed by atoms with Gasteiger partial charge in [0.05, 0.1) is 17.7 Å². The van der Waals surface area contributed by atoms with Crippen molar-refractivity contribution in [3.05, 3.63) is 18.3 Å². The topological polar surface area (TPSA) is 60.6 Å². The minimum Gasteiger partial charge on any atom is -0.487 e. The predicted octanol–water partition coefficient (Wildman–Crippen LogP) is 2.00. The first-order valence-corrected chi connectivity index (χ1v) is 7.09. The van der Waals surface area contributed by atoms with E-state index in [2.05, 4.69) is 9.88 Å². The molecule has 0 atom stereocenters. The number of hydrogen-bond acceptors (Lipinski definition) is 5. The first-order valence-electron chi connectivity index (χ1n) is 6.68.